The topological polar surface area (TPSA) is 41.1 Å². The molecule has 1 aliphatic rings. The smallest absolute Gasteiger partial charge is 0.314 e. The molecule has 0 radical (unpaired) electrons. The van der Waals surface area contributed by atoms with Gasteiger partial charge in [0.15, 0.2) is 0 Å². The molecule has 0 heterocycles. The summed E-state index contributed by atoms with van der Waals surface area (Å²) in [6, 6.07) is 8.67. The van der Waals surface area contributed by atoms with Crippen molar-refractivity contribution in [2.75, 3.05) is 13.1 Å². The van der Waals surface area contributed by atoms with Crippen molar-refractivity contribution < 1.29 is 4.79 Å². The van der Waals surface area contributed by atoms with Gasteiger partial charge in [0.05, 0.1) is 0 Å². The lowest BCUT2D eigenvalue weighted by Crippen LogP contribution is -2.40. The van der Waals surface area contributed by atoms with Crippen molar-refractivity contribution in [1.29, 1.82) is 0 Å². The van der Waals surface area contributed by atoms with Gasteiger partial charge in [-0.1, -0.05) is 49.6 Å². The maximum atomic E-state index is 11.7. The Hall–Kier alpha value is -1.51. The predicted molar refractivity (Wildman–Crippen MR) is 83.0 cm³/mol. The summed E-state index contributed by atoms with van der Waals surface area (Å²) < 4.78 is 0. The van der Waals surface area contributed by atoms with Crippen LogP contribution in [0.25, 0.3) is 0 Å². The summed E-state index contributed by atoms with van der Waals surface area (Å²) in [5.74, 6) is 0. The fourth-order valence-corrected chi connectivity index (χ4v) is 2.51. The molecule has 0 unspecified atom stereocenters. The maximum Gasteiger partial charge on any atom is 0.314 e. The summed E-state index contributed by atoms with van der Waals surface area (Å²) in [6.07, 6.45) is 5.76. The van der Waals surface area contributed by atoms with E-state index in [0.29, 0.717) is 0 Å². The molecule has 1 aromatic rings. The summed E-state index contributed by atoms with van der Waals surface area (Å²) >= 11 is 0. The molecule has 0 bridgehead atoms. The fraction of sp³-hybridized carbons (Fsp3) is 0.588. The number of carbonyl (C=O) groups excluding carboxylic acids is 1. The highest BCUT2D eigenvalue weighted by Gasteiger charge is 2.44. The van der Waals surface area contributed by atoms with Gasteiger partial charge < -0.3 is 10.6 Å². The number of carbonyl (C=O) groups is 1. The molecule has 2 rings (SSSR count). The molecule has 1 saturated carbocycles. The Morgan fingerprint density at radius 2 is 1.85 bits per heavy atom. The minimum absolute atomic E-state index is 0.0283. The van der Waals surface area contributed by atoms with E-state index < -0.39 is 0 Å². The summed E-state index contributed by atoms with van der Waals surface area (Å²) in [5.41, 5.74) is 2.83. The molecule has 1 aliphatic carbocycles. The molecule has 0 spiro atoms. The van der Waals surface area contributed by atoms with Gasteiger partial charge in [0.25, 0.3) is 0 Å². The number of nitrogens with one attached hydrogen (secondary N) is 2. The van der Waals surface area contributed by atoms with Gasteiger partial charge >= 0.3 is 6.03 Å². The number of hydrogen-bond donors (Lipinski definition) is 2. The Morgan fingerprint density at radius 1 is 1.15 bits per heavy atom. The van der Waals surface area contributed by atoms with E-state index in [2.05, 4.69) is 48.7 Å². The first kappa shape index (κ1) is 14.9. The number of hydrogen-bond acceptors (Lipinski definition) is 1. The highest BCUT2D eigenvalue weighted by Crippen LogP contribution is 2.47. The van der Waals surface area contributed by atoms with Crippen molar-refractivity contribution in [3.63, 3.8) is 0 Å². The summed E-state index contributed by atoms with van der Waals surface area (Å²) in [5, 5.41) is 5.95. The van der Waals surface area contributed by atoms with Gasteiger partial charge in [-0.25, -0.2) is 4.79 Å². The van der Waals surface area contributed by atoms with Crippen LogP contribution in [0.2, 0.25) is 0 Å². The van der Waals surface area contributed by atoms with Gasteiger partial charge in [0, 0.05) is 18.5 Å². The first-order chi connectivity index (χ1) is 9.66. The van der Waals surface area contributed by atoms with Crippen LogP contribution < -0.4 is 10.6 Å². The molecular formula is C17H26N2O. The van der Waals surface area contributed by atoms with Crippen LogP contribution in [-0.2, 0) is 5.41 Å². The minimum atomic E-state index is -0.0283. The van der Waals surface area contributed by atoms with Gasteiger partial charge in [-0.05, 0) is 31.7 Å². The molecule has 20 heavy (non-hydrogen) atoms. The zero-order valence-electron chi connectivity index (χ0n) is 12.7. The van der Waals surface area contributed by atoms with E-state index in [1.165, 1.54) is 36.8 Å². The van der Waals surface area contributed by atoms with Crippen LogP contribution >= 0.6 is 0 Å². The Labute approximate surface area is 122 Å². The molecule has 1 fully saturated rings. The zero-order valence-corrected chi connectivity index (χ0v) is 12.7. The summed E-state index contributed by atoms with van der Waals surface area (Å²) in [4.78, 5) is 11.7. The lowest BCUT2D eigenvalue weighted by Gasteiger charge is -2.17. The minimum Gasteiger partial charge on any atom is -0.338 e. The number of amides is 2. The van der Waals surface area contributed by atoms with E-state index in [1.54, 1.807) is 0 Å². The number of unbranched alkanes of at least 4 members (excludes halogenated alkanes) is 2. The van der Waals surface area contributed by atoms with Crippen LogP contribution in [-0.4, -0.2) is 19.1 Å². The second-order valence-electron chi connectivity index (χ2n) is 5.96. The molecule has 110 valence electrons. The predicted octanol–water partition coefficient (Wildman–Crippen LogP) is 3.52. The van der Waals surface area contributed by atoms with Crippen LogP contribution in [0.4, 0.5) is 4.79 Å². The van der Waals surface area contributed by atoms with E-state index in [9.17, 15) is 4.79 Å². The van der Waals surface area contributed by atoms with Crippen LogP contribution in [0.15, 0.2) is 24.3 Å². The largest absolute Gasteiger partial charge is 0.338 e. The monoisotopic (exact) mass is 274 g/mol. The standard InChI is InChI=1S/C17H26N2O/c1-3-4-5-12-18-16(20)19-13-17(10-11-17)15-8-6-14(2)7-9-15/h6-9H,3-5,10-13H2,1-2H3,(H2,18,19,20). The van der Waals surface area contributed by atoms with E-state index in [0.717, 1.165) is 19.5 Å². The SMILES string of the molecule is CCCCCNC(=O)NCC1(c2ccc(C)cc2)CC1. The lowest BCUT2D eigenvalue weighted by molar-refractivity contribution is 0.239. The maximum absolute atomic E-state index is 11.7. The Morgan fingerprint density at radius 3 is 2.45 bits per heavy atom. The van der Waals surface area contributed by atoms with Crippen molar-refractivity contribution in [1.82, 2.24) is 10.6 Å². The van der Waals surface area contributed by atoms with E-state index in [1.807, 2.05) is 0 Å². The quantitative estimate of drug-likeness (QED) is 0.734. The third-order valence-corrected chi connectivity index (χ3v) is 4.17. The van der Waals surface area contributed by atoms with Crippen molar-refractivity contribution in [2.45, 2.75) is 51.4 Å². The van der Waals surface area contributed by atoms with Crippen LogP contribution in [0, 0.1) is 6.92 Å². The second kappa shape index (κ2) is 6.78. The molecule has 0 saturated heterocycles. The van der Waals surface area contributed by atoms with Gasteiger partial charge in [0.2, 0.25) is 0 Å². The van der Waals surface area contributed by atoms with Crippen molar-refractivity contribution in [3.05, 3.63) is 35.4 Å². The van der Waals surface area contributed by atoms with Crippen LogP contribution in [0.3, 0.4) is 0 Å². The Bertz CT molecular complexity index is 435. The Balaban J connectivity index is 1.76. The van der Waals surface area contributed by atoms with Crippen LogP contribution in [0.1, 0.15) is 50.2 Å². The third-order valence-electron chi connectivity index (χ3n) is 4.17. The molecule has 0 atom stereocenters. The average molecular weight is 274 g/mol. The number of urea groups is 1. The van der Waals surface area contributed by atoms with Gasteiger partial charge in [-0.2, -0.15) is 0 Å². The Kier molecular flexibility index (Phi) is 5.05. The van der Waals surface area contributed by atoms with E-state index in [-0.39, 0.29) is 11.4 Å². The molecule has 3 heteroatoms. The molecule has 0 aromatic heterocycles. The highest BCUT2D eigenvalue weighted by atomic mass is 16.2. The zero-order chi connectivity index (χ0) is 14.4. The van der Waals surface area contributed by atoms with Gasteiger partial charge in [0.1, 0.15) is 0 Å². The number of rotatable bonds is 7. The molecule has 2 amide bonds. The average Bonchev–Trinajstić information content (AvgIpc) is 3.23. The molecule has 2 N–H and O–H groups in total. The highest BCUT2D eigenvalue weighted by molar-refractivity contribution is 5.74. The lowest BCUT2D eigenvalue weighted by atomic mass is 9.95. The van der Waals surface area contributed by atoms with E-state index in [4.69, 9.17) is 0 Å². The van der Waals surface area contributed by atoms with E-state index >= 15 is 0 Å². The molecule has 1 aromatic carbocycles. The van der Waals surface area contributed by atoms with Gasteiger partial charge in [-0.15, -0.1) is 0 Å². The number of benzene rings is 1. The van der Waals surface area contributed by atoms with Crippen LogP contribution in [0.5, 0.6) is 0 Å². The number of aryl methyl sites for hydroxylation is 1. The molecule has 0 aliphatic heterocycles. The molecular weight excluding hydrogens is 248 g/mol. The summed E-state index contributed by atoms with van der Waals surface area (Å²) in [7, 11) is 0. The summed E-state index contributed by atoms with van der Waals surface area (Å²) in [6.45, 7) is 5.79. The second-order valence-corrected chi connectivity index (χ2v) is 5.96. The third kappa shape index (κ3) is 3.99. The van der Waals surface area contributed by atoms with Crippen molar-refractivity contribution in [2.24, 2.45) is 0 Å². The first-order valence-electron chi connectivity index (χ1n) is 7.75. The first-order valence-corrected chi connectivity index (χ1v) is 7.75. The van der Waals surface area contributed by atoms with Gasteiger partial charge in [-0.3, -0.25) is 0 Å². The fourth-order valence-electron chi connectivity index (χ4n) is 2.51. The normalized spacial score (nSPS) is 15.7. The molecule has 3 nitrogen and oxygen atoms in total. The van der Waals surface area contributed by atoms with Crippen molar-refractivity contribution >= 4 is 6.03 Å². The van der Waals surface area contributed by atoms with Crippen molar-refractivity contribution in [3.8, 4) is 0 Å².